The highest BCUT2D eigenvalue weighted by atomic mass is 16.4. The summed E-state index contributed by atoms with van der Waals surface area (Å²) in [6.07, 6.45) is 2.56. The van der Waals surface area contributed by atoms with Crippen molar-refractivity contribution in [3.05, 3.63) is 59.7 Å². The molecule has 2 fully saturated rings. The van der Waals surface area contributed by atoms with Crippen molar-refractivity contribution in [1.29, 1.82) is 0 Å². The van der Waals surface area contributed by atoms with E-state index in [0.717, 1.165) is 31.6 Å². The molecule has 2 aliphatic rings. The quantitative estimate of drug-likeness (QED) is 0.759. The van der Waals surface area contributed by atoms with Crippen LogP contribution in [-0.4, -0.2) is 48.9 Å². The van der Waals surface area contributed by atoms with Gasteiger partial charge in [0, 0.05) is 49.7 Å². The minimum absolute atomic E-state index is 0.130. The molecule has 0 bridgehead atoms. The lowest BCUT2D eigenvalue weighted by atomic mass is 9.78. The SMILES string of the molecule is Cc1ccc(N2CCN(C(=O)c3ccccc3NC(=O)[C@H]3CCCC[C@@H]3C(=O)[O-])CC2)cc1. The number of aliphatic carboxylic acids is 1. The number of benzene rings is 2. The van der Waals surface area contributed by atoms with E-state index in [0.29, 0.717) is 37.2 Å². The summed E-state index contributed by atoms with van der Waals surface area (Å²) >= 11 is 0. The molecule has 174 valence electrons. The number of carbonyl (C=O) groups is 3. The van der Waals surface area contributed by atoms with Crippen LogP contribution in [0.4, 0.5) is 11.4 Å². The Hall–Kier alpha value is -3.35. The zero-order chi connectivity index (χ0) is 23.4. The molecule has 2 aromatic carbocycles. The molecule has 1 aliphatic carbocycles. The molecule has 2 amide bonds. The van der Waals surface area contributed by atoms with Crippen LogP contribution in [0.15, 0.2) is 48.5 Å². The van der Waals surface area contributed by atoms with Crippen LogP contribution in [0.2, 0.25) is 0 Å². The number of amides is 2. The predicted octanol–water partition coefficient (Wildman–Crippen LogP) is 2.45. The van der Waals surface area contributed by atoms with Gasteiger partial charge in [0.25, 0.3) is 5.91 Å². The number of anilines is 2. The zero-order valence-electron chi connectivity index (χ0n) is 19.0. The van der Waals surface area contributed by atoms with E-state index < -0.39 is 17.8 Å². The second kappa shape index (κ2) is 10.1. The normalized spacial score (nSPS) is 20.9. The van der Waals surface area contributed by atoms with Crippen molar-refractivity contribution in [3.8, 4) is 0 Å². The lowest BCUT2D eigenvalue weighted by Crippen LogP contribution is -2.49. The minimum Gasteiger partial charge on any atom is -0.550 e. The summed E-state index contributed by atoms with van der Waals surface area (Å²) in [6, 6.07) is 15.3. The summed E-state index contributed by atoms with van der Waals surface area (Å²) < 4.78 is 0. The summed E-state index contributed by atoms with van der Waals surface area (Å²) in [5, 5.41) is 14.3. The Morgan fingerprint density at radius 2 is 1.52 bits per heavy atom. The summed E-state index contributed by atoms with van der Waals surface area (Å²) in [7, 11) is 0. The van der Waals surface area contributed by atoms with Gasteiger partial charge in [0.05, 0.1) is 11.3 Å². The molecule has 1 aliphatic heterocycles. The van der Waals surface area contributed by atoms with E-state index in [2.05, 4.69) is 41.4 Å². The van der Waals surface area contributed by atoms with Gasteiger partial charge in [-0.05, 0) is 44.0 Å². The van der Waals surface area contributed by atoms with Gasteiger partial charge in [0.2, 0.25) is 5.91 Å². The number of piperazine rings is 1. The standard InChI is InChI=1S/C26H31N3O4/c1-18-10-12-19(13-11-18)28-14-16-29(17-15-28)25(31)22-8-4-5-9-23(22)27-24(30)20-6-2-3-7-21(20)26(32)33/h4-5,8-13,20-21H,2-3,6-7,14-17H2,1H3,(H,27,30)(H,32,33)/p-1/t20-,21-/m0/s1. The third kappa shape index (κ3) is 5.18. The maximum Gasteiger partial charge on any atom is 0.256 e. The lowest BCUT2D eigenvalue weighted by Gasteiger charge is -2.36. The van der Waals surface area contributed by atoms with Crippen LogP contribution < -0.4 is 15.3 Å². The number of nitrogens with zero attached hydrogens (tertiary/aromatic N) is 2. The van der Waals surface area contributed by atoms with Gasteiger partial charge in [-0.3, -0.25) is 9.59 Å². The van der Waals surface area contributed by atoms with Crippen molar-refractivity contribution in [2.24, 2.45) is 11.8 Å². The topological polar surface area (TPSA) is 92.8 Å². The van der Waals surface area contributed by atoms with Crippen LogP contribution in [0.1, 0.15) is 41.6 Å². The smallest absolute Gasteiger partial charge is 0.256 e. The second-order valence-corrected chi connectivity index (χ2v) is 8.97. The Morgan fingerprint density at radius 1 is 0.879 bits per heavy atom. The number of aryl methyl sites for hydroxylation is 1. The molecule has 0 unspecified atom stereocenters. The molecule has 0 radical (unpaired) electrons. The first-order valence-electron chi connectivity index (χ1n) is 11.7. The molecular formula is C26H30N3O4-. The predicted molar refractivity (Wildman–Crippen MR) is 125 cm³/mol. The van der Waals surface area contributed by atoms with Gasteiger partial charge < -0.3 is 25.0 Å². The maximum absolute atomic E-state index is 13.3. The van der Waals surface area contributed by atoms with Gasteiger partial charge in [-0.1, -0.05) is 42.7 Å². The van der Waals surface area contributed by atoms with Crippen molar-refractivity contribution >= 4 is 29.2 Å². The van der Waals surface area contributed by atoms with Crippen LogP contribution in [0.5, 0.6) is 0 Å². The molecule has 7 heteroatoms. The molecule has 1 N–H and O–H groups in total. The summed E-state index contributed by atoms with van der Waals surface area (Å²) in [5.41, 5.74) is 3.22. The first-order chi connectivity index (χ1) is 15.9. The van der Waals surface area contributed by atoms with Crippen molar-refractivity contribution in [2.45, 2.75) is 32.6 Å². The molecule has 1 saturated heterocycles. The van der Waals surface area contributed by atoms with Gasteiger partial charge in [-0.2, -0.15) is 0 Å². The number of para-hydroxylation sites is 1. The Bertz CT molecular complexity index is 1010. The Labute approximate surface area is 194 Å². The fraction of sp³-hybridized carbons (Fsp3) is 0.423. The summed E-state index contributed by atoms with van der Waals surface area (Å²) in [5.74, 6) is -3.07. The number of nitrogens with one attached hydrogen (secondary N) is 1. The van der Waals surface area contributed by atoms with Gasteiger partial charge >= 0.3 is 0 Å². The first-order valence-corrected chi connectivity index (χ1v) is 11.7. The molecule has 0 spiro atoms. The third-order valence-corrected chi connectivity index (χ3v) is 6.79. The van der Waals surface area contributed by atoms with Crippen LogP contribution >= 0.6 is 0 Å². The maximum atomic E-state index is 13.3. The molecule has 2 atom stereocenters. The Balaban J connectivity index is 1.43. The molecule has 1 saturated carbocycles. The van der Waals surface area contributed by atoms with Crippen LogP contribution in [0, 0.1) is 18.8 Å². The van der Waals surface area contributed by atoms with Crippen LogP contribution in [0.3, 0.4) is 0 Å². The molecule has 33 heavy (non-hydrogen) atoms. The fourth-order valence-corrected chi connectivity index (χ4v) is 4.82. The molecule has 1 heterocycles. The largest absolute Gasteiger partial charge is 0.550 e. The Kier molecular flexibility index (Phi) is 6.96. The van der Waals surface area contributed by atoms with Gasteiger partial charge in [-0.15, -0.1) is 0 Å². The van der Waals surface area contributed by atoms with E-state index in [1.807, 2.05) is 0 Å². The van der Waals surface area contributed by atoms with E-state index in [1.165, 1.54) is 5.56 Å². The highest BCUT2D eigenvalue weighted by molar-refractivity contribution is 6.04. The van der Waals surface area contributed by atoms with Crippen molar-refractivity contribution in [2.75, 3.05) is 36.4 Å². The highest BCUT2D eigenvalue weighted by Gasteiger charge is 2.32. The van der Waals surface area contributed by atoms with E-state index in [-0.39, 0.29) is 11.8 Å². The first kappa shape index (κ1) is 22.8. The van der Waals surface area contributed by atoms with Crippen molar-refractivity contribution in [3.63, 3.8) is 0 Å². The number of hydrogen-bond acceptors (Lipinski definition) is 5. The number of rotatable bonds is 5. The van der Waals surface area contributed by atoms with Crippen molar-refractivity contribution < 1.29 is 19.5 Å². The number of hydrogen-bond donors (Lipinski definition) is 1. The van der Waals surface area contributed by atoms with E-state index in [4.69, 9.17) is 0 Å². The summed E-state index contributed by atoms with van der Waals surface area (Å²) in [4.78, 5) is 41.8. The number of carboxylic acids is 1. The second-order valence-electron chi connectivity index (χ2n) is 8.97. The van der Waals surface area contributed by atoms with E-state index >= 15 is 0 Å². The lowest BCUT2D eigenvalue weighted by molar-refractivity contribution is -0.313. The summed E-state index contributed by atoms with van der Waals surface area (Å²) in [6.45, 7) is 4.70. The van der Waals surface area contributed by atoms with Crippen LogP contribution in [-0.2, 0) is 9.59 Å². The zero-order valence-corrected chi connectivity index (χ0v) is 19.0. The molecule has 7 nitrogen and oxygen atoms in total. The molecule has 4 rings (SSSR count). The highest BCUT2D eigenvalue weighted by Crippen LogP contribution is 2.31. The average molecular weight is 449 g/mol. The van der Waals surface area contributed by atoms with Crippen molar-refractivity contribution in [1.82, 2.24) is 4.90 Å². The van der Waals surface area contributed by atoms with Gasteiger partial charge in [0.15, 0.2) is 0 Å². The third-order valence-electron chi connectivity index (χ3n) is 6.79. The van der Waals surface area contributed by atoms with Gasteiger partial charge in [-0.25, -0.2) is 0 Å². The number of carbonyl (C=O) groups excluding carboxylic acids is 3. The molecule has 2 aromatic rings. The molecule has 0 aromatic heterocycles. The molecular weight excluding hydrogens is 418 g/mol. The van der Waals surface area contributed by atoms with Gasteiger partial charge in [0.1, 0.15) is 0 Å². The monoisotopic (exact) mass is 448 g/mol. The van der Waals surface area contributed by atoms with E-state index in [1.54, 1.807) is 29.2 Å². The minimum atomic E-state index is -1.18. The average Bonchev–Trinajstić information content (AvgIpc) is 2.84. The van der Waals surface area contributed by atoms with E-state index in [9.17, 15) is 19.5 Å². The Morgan fingerprint density at radius 3 is 2.18 bits per heavy atom. The number of carboxylic acid groups (broad SMARTS) is 1. The van der Waals surface area contributed by atoms with Crippen LogP contribution in [0.25, 0.3) is 0 Å². The fourth-order valence-electron chi connectivity index (χ4n) is 4.82.